The zero-order valence-electron chi connectivity index (χ0n) is 13.9. The summed E-state index contributed by atoms with van der Waals surface area (Å²) in [5, 5.41) is 0.976. The van der Waals surface area contributed by atoms with Gasteiger partial charge in [-0.15, -0.1) is 0 Å². The van der Waals surface area contributed by atoms with E-state index in [0.717, 1.165) is 29.7 Å². The predicted molar refractivity (Wildman–Crippen MR) is 92.5 cm³/mol. The molecule has 0 aliphatic heterocycles. The second-order valence-electron chi connectivity index (χ2n) is 6.15. The second-order valence-corrected chi connectivity index (χ2v) is 8.03. The summed E-state index contributed by atoms with van der Waals surface area (Å²) < 4.78 is 31.6. The molecule has 24 heavy (non-hydrogen) atoms. The molecule has 0 saturated heterocycles. The average molecular weight is 353 g/mol. The third-order valence-corrected chi connectivity index (χ3v) is 5.95. The number of methoxy groups -OCH3 is 1. The molecule has 0 spiro atoms. The van der Waals surface area contributed by atoms with Gasteiger partial charge in [0.2, 0.25) is 10.0 Å². The zero-order valence-corrected chi connectivity index (χ0v) is 14.7. The third kappa shape index (κ3) is 3.68. The van der Waals surface area contributed by atoms with E-state index in [2.05, 4.69) is 24.6 Å². The minimum absolute atomic E-state index is 0.00597. The van der Waals surface area contributed by atoms with Gasteiger partial charge in [0.05, 0.1) is 11.1 Å². The Hall–Kier alpha value is -1.71. The van der Waals surface area contributed by atoms with Gasteiger partial charge >= 0.3 is 0 Å². The van der Waals surface area contributed by atoms with Crippen LogP contribution in [0.25, 0.3) is 11.0 Å². The first-order valence-electron chi connectivity index (χ1n) is 8.00. The van der Waals surface area contributed by atoms with E-state index in [-0.39, 0.29) is 17.8 Å². The van der Waals surface area contributed by atoms with E-state index >= 15 is 0 Å². The van der Waals surface area contributed by atoms with Crippen molar-refractivity contribution in [2.45, 2.75) is 31.3 Å². The largest absolute Gasteiger partial charge is 0.385 e. The fraction of sp³-hybridized carbons (Fsp3) is 0.600. The van der Waals surface area contributed by atoms with Gasteiger partial charge in [-0.05, 0) is 25.3 Å². The standard InChI is InChI=1S/C15H23N5O3S/c1-20(15-13-4-5-16-14(13)17-10-18-15)12-8-11(9-12)19-24(21,22)7-3-6-23-2/h4-5,10-12,19H,3,6-9H2,1-2H3,(H,16,17,18). The lowest BCUT2D eigenvalue weighted by molar-refractivity contribution is 0.199. The van der Waals surface area contributed by atoms with Gasteiger partial charge in [-0.2, -0.15) is 0 Å². The van der Waals surface area contributed by atoms with E-state index in [1.165, 1.54) is 0 Å². The number of ether oxygens (including phenoxy) is 1. The van der Waals surface area contributed by atoms with E-state index in [0.29, 0.717) is 13.0 Å². The molecule has 3 rings (SSSR count). The number of nitrogens with one attached hydrogen (secondary N) is 2. The SMILES string of the molecule is COCCCS(=O)(=O)NC1CC(N(C)c2ncnc3[nH]ccc23)C1. The van der Waals surface area contributed by atoms with Crippen LogP contribution in [0.4, 0.5) is 5.82 Å². The normalized spacial score (nSPS) is 20.9. The second kappa shape index (κ2) is 7.04. The van der Waals surface area contributed by atoms with Crippen molar-refractivity contribution in [3.63, 3.8) is 0 Å². The summed E-state index contributed by atoms with van der Waals surface area (Å²) in [6.07, 6.45) is 5.44. The van der Waals surface area contributed by atoms with Crippen LogP contribution in [0.3, 0.4) is 0 Å². The smallest absolute Gasteiger partial charge is 0.211 e. The maximum atomic E-state index is 12.0. The van der Waals surface area contributed by atoms with Crippen LogP contribution in [0.1, 0.15) is 19.3 Å². The van der Waals surface area contributed by atoms with Crippen molar-refractivity contribution >= 4 is 26.9 Å². The van der Waals surface area contributed by atoms with E-state index in [1.54, 1.807) is 13.4 Å². The molecule has 132 valence electrons. The molecule has 1 saturated carbocycles. The number of sulfonamides is 1. The Bertz CT molecular complexity index is 785. The lowest BCUT2D eigenvalue weighted by Crippen LogP contribution is -2.53. The van der Waals surface area contributed by atoms with Crippen molar-refractivity contribution in [3.05, 3.63) is 18.6 Å². The lowest BCUT2D eigenvalue weighted by atomic mass is 9.86. The summed E-state index contributed by atoms with van der Waals surface area (Å²) in [6.45, 7) is 0.456. The van der Waals surface area contributed by atoms with E-state index in [1.807, 2.05) is 19.3 Å². The van der Waals surface area contributed by atoms with E-state index in [4.69, 9.17) is 4.74 Å². The number of H-pyrrole nitrogens is 1. The highest BCUT2D eigenvalue weighted by Crippen LogP contribution is 2.31. The van der Waals surface area contributed by atoms with Crippen LogP contribution in [0, 0.1) is 0 Å². The zero-order chi connectivity index (χ0) is 17.2. The number of aromatic nitrogens is 3. The van der Waals surface area contributed by atoms with E-state index in [9.17, 15) is 8.42 Å². The van der Waals surface area contributed by atoms with Crippen LogP contribution in [0.2, 0.25) is 0 Å². The minimum atomic E-state index is -3.23. The van der Waals surface area contributed by atoms with Crippen molar-refractivity contribution < 1.29 is 13.2 Å². The lowest BCUT2D eigenvalue weighted by Gasteiger charge is -2.41. The molecule has 2 aromatic heterocycles. The molecule has 0 radical (unpaired) electrons. The Labute approximate surface area is 141 Å². The number of hydrogen-bond acceptors (Lipinski definition) is 6. The Morgan fingerprint density at radius 3 is 2.96 bits per heavy atom. The average Bonchev–Trinajstić information content (AvgIpc) is 2.98. The fourth-order valence-corrected chi connectivity index (χ4v) is 4.34. The van der Waals surface area contributed by atoms with E-state index < -0.39 is 10.0 Å². The molecular weight excluding hydrogens is 330 g/mol. The summed E-state index contributed by atoms with van der Waals surface area (Å²) in [7, 11) is 0.327. The molecule has 1 aliphatic carbocycles. The Morgan fingerprint density at radius 1 is 1.42 bits per heavy atom. The highest BCUT2D eigenvalue weighted by Gasteiger charge is 2.35. The fourth-order valence-electron chi connectivity index (χ4n) is 3.02. The quantitative estimate of drug-likeness (QED) is 0.684. The summed E-state index contributed by atoms with van der Waals surface area (Å²) in [6, 6.07) is 2.22. The molecule has 0 bridgehead atoms. The number of anilines is 1. The molecule has 0 atom stereocenters. The highest BCUT2D eigenvalue weighted by atomic mass is 32.2. The molecule has 2 heterocycles. The van der Waals surface area contributed by atoms with Crippen molar-refractivity contribution in [1.82, 2.24) is 19.7 Å². The van der Waals surface area contributed by atoms with Gasteiger partial charge in [0.15, 0.2) is 0 Å². The van der Waals surface area contributed by atoms with Crippen molar-refractivity contribution in [2.24, 2.45) is 0 Å². The molecule has 1 aliphatic rings. The highest BCUT2D eigenvalue weighted by molar-refractivity contribution is 7.89. The van der Waals surface area contributed by atoms with Crippen LogP contribution in [0.15, 0.2) is 18.6 Å². The monoisotopic (exact) mass is 353 g/mol. The van der Waals surface area contributed by atoms with Crippen LogP contribution in [-0.4, -0.2) is 62.0 Å². The van der Waals surface area contributed by atoms with Gasteiger partial charge in [-0.1, -0.05) is 0 Å². The van der Waals surface area contributed by atoms with Gasteiger partial charge < -0.3 is 14.6 Å². The summed E-state index contributed by atoms with van der Waals surface area (Å²) in [5.74, 6) is 0.973. The van der Waals surface area contributed by atoms with Crippen LogP contribution in [-0.2, 0) is 14.8 Å². The summed E-state index contributed by atoms with van der Waals surface area (Å²) >= 11 is 0. The van der Waals surface area contributed by atoms with Crippen molar-refractivity contribution in [2.75, 3.05) is 31.4 Å². The molecular formula is C15H23N5O3S. The summed E-state index contributed by atoms with van der Waals surface area (Å²) in [4.78, 5) is 13.7. The third-order valence-electron chi connectivity index (χ3n) is 4.44. The Kier molecular flexibility index (Phi) is 5.02. The molecule has 1 fully saturated rings. The van der Waals surface area contributed by atoms with Crippen LogP contribution >= 0.6 is 0 Å². The number of fused-ring (bicyclic) bond motifs is 1. The first-order chi connectivity index (χ1) is 11.5. The topological polar surface area (TPSA) is 100 Å². The number of nitrogens with zero attached hydrogens (tertiary/aromatic N) is 3. The molecule has 0 unspecified atom stereocenters. The summed E-state index contributed by atoms with van der Waals surface area (Å²) in [5.41, 5.74) is 0.807. The van der Waals surface area contributed by atoms with Gasteiger partial charge in [-0.3, -0.25) is 0 Å². The van der Waals surface area contributed by atoms with Crippen LogP contribution in [0.5, 0.6) is 0 Å². The maximum absolute atomic E-state index is 12.0. The Balaban J connectivity index is 1.55. The molecule has 9 heteroatoms. The van der Waals surface area contributed by atoms with Gasteiger partial charge in [0, 0.05) is 39.0 Å². The number of aromatic amines is 1. The van der Waals surface area contributed by atoms with Crippen LogP contribution < -0.4 is 9.62 Å². The molecule has 8 nitrogen and oxygen atoms in total. The molecule has 0 amide bonds. The predicted octanol–water partition coefficient (Wildman–Crippen LogP) is 0.881. The van der Waals surface area contributed by atoms with Gasteiger partial charge in [0.25, 0.3) is 0 Å². The number of hydrogen-bond donors (Lipinski definition) is 2. The molecule has 0 aromatic carbocycles. The Morgan fingerprint density at radius 2 is 2.21 bits per heavy atom. The van der Waals surface area contributed by atoms with Gasteiger partial charge in [-0.25, -0.2) is 23.1 Å². The first-order valence-corrected chi connectivity index (χ1v) is 9.65. The van der Waals surface area contributed by atoms with Crippen molar-refractivity contribution in [3.8, 4) is 0 Å². The molecule has 2 aromatic rings. The van der Waals surface area contributed by atoms with Gasteiger partial charge in [0.1, 0.15) is 17.8 Å². The first kappa shape index (κ1) is 17.1. The van der Waals surface area contributed by atoms with Crippen molar-refractivity contribution in [1.29, 1.82) is 0 Å². The minimum Gasteiger partial charge on any atom is -0.385 e. The maximum Gasteiger partial charge on any atom is 0.211 e. The number of rotatable bonds is 8. The molecule has 2 N–H and O–H groups in total.